The maximum atomic E-state index is 3.76. The van der Waals surface area contributed by atoms with Crippen LogP contribution in [0.2, 0.25) is 0 Å². The lowest BCUT2D eigenvalue weighted by atomic mass is 9.94. The first-order chi connectivity index (χ1) is 7.33. The molecule has 2 nitrogen and oxygen atoms in total. The van der Waals surface area contributed by atoms with Crippen LogP contribution in [0.3, 0.4) is 0 Å². The van der Waals surface area contributed by atoms with Gasteiger partial charge in [-0.25, -0.2) is 0 Å². The number of nitrogens with zero attached hydrogens (tertiary/aromatic N) is 1. The van der Waals surface area contributed by atoms with Crippen LogP contribution in [0.4, 0.5) is 0 Å². The highest BCUT2D eigenvalue weighted by molar-refractivity contribution is 4.96. The lowest BCUT2D eigenvalue weighted by Gasteiger charge is -2.24. The minimum Gasteiger partial charge on any atom is -0.312 e. The van der Waals surface area contributed by atoms with E-state index in [1.165, 1.54) is 51.9 Å². The summed E-state index contributed by atoms with van der Waals surface area (Å²) in [6.07, 6.45) is 5.89. The van der Waals surface area contributed by atoms with E-state index >= 15 is 0 Å². The predicted molar refractivity (Wildman–Crippen MR) is 62.8 cm³/mol. The van der Waals surface area contributed by atoms with E-state index in [1.54, 1.807) is 0 Å². The van der Waals surface area contributed by atoms with Gasteiger partial charge in [-0.2, -0.15) is 0 Å². The molecule has 2 heterocycles. The molecule has 1 saturated carbocycles. The first-order valence-electron chi connectivity index (χ1n) is 6.78. The molecule has 86 valence electrons. The fourth-order valence-electron chi connectivity index (χ4n) is 3.97. The third kappa shape index (κ3) is 1.94. The Morgan fingerprint density at radius 2 is 2.20 bits per heavy atom. The third-order valence-electron chi connectivity index (χ3n) is 4.84. The molecular formula is C13H24N2. The summed E-state index contributed by atoms with van der Waals surface area (Å²) in [6, 6.07) is 0.822. The third-order valence-corrected chi connectivity index (χ3v) is 4.84. The number of likely N-dealkylation sites (tertiary alicyclic amines) is 1. The van der Waals surface area contributed by atoms with Gasteiger partial charge in [-0.1, -0.05) is 13.3 Å². The van der Waals surface area contributed by atoms with Crippen molar-refractivity contribution in [1.82, 2.24) is 10.2 Å². The summed E-state index contributed by atoms with van der Waals surface area (Å²) in [5.41, 5.74) is 0. The summed E-state index contributed by atoms with van der Waals surface area (Å²) in [7, 11) is 0. The van der Waals surface area contributed by atoms with Crippen molar-refractivity contribution >= 4 is 0 Å². The quantitative estimate of drug-likeness (QED) is 0.743. The van der Waals surface area contributed by atoms with Gasteiger partial charge in [0.2, 0.25) is 0 Å². The number of nitrogens with one attached hydrogen (secondary N) is 1. The van der Waals surface area contributed by atoms with Crippen molar-refractivity contribution in [1.29, 1.82) is 0 Å². The topological polar surface area (TPSA) is 15.3 Å². The van der Waals surface area contributed by atoms with Crippen molar-refractivity contribution < 1.29 is 0 Å². The molecule has 2 saturated heterocycles. The standard InChI is InChI=1S/C13H24N2/c1-10-5-6-15(8-10)9-13-12-4-2-3-11(12)7-14-13/h10-14H,2-9H2,1H3. The molecule has 1 N–H and O–H groups in total. The van der Waals surface area contributed by atoms with Crippen LogP contribution in [-0.2, 0) is 0 Å². The number of fused-ring (bicyclic) bond motifs is 1. The van der Waals surface area contributed by atoms with Gasteiger partial charge in [0, 0.05) is 19.1 Å². The van der Waals surface area contributed by atoms with Gasteiger partial charge in [-0.15, -0.1) is 0 Å². The van der Waals surface area contributed by atoms with Gasteiger partial charge < -0.3 is 10.2 Å². The number of hydrogen-bond donors (Lipinski definition) is 1. The maximum absolute atomic E-state index is 3.76. The molecule has 4 unspecified atom stereocenters. The van der Waals surface area contributed by atoms with Gasteiger partial charge in [0.15, 0.2) is 0 Å². The van der Waals surface area contributed by atoms with E-state index < -0.39 is 0 Å². The number of rotatable bonds is 2. The van der Waals surface area contributed by atoms with Crippen LogP contribution < -0.4 is 5.32 Å². The first kappa shape index (κ1) is 10.1. The Morgan fingerprint density at radius 3 is 3.00 bits per heavy atom. The molecule has 2 heteroatoms. The van der Waals surface area contributed by atoms with E-state index in [2.05, 4.69) is 17.1 Å². The van der Waals surface area contributed by atoms with Crippen molar-refractivity contribution in [2.75, 3.05) is 26.2 Å². The molecule has 0 radical (unpaired) electrons. The van der Waals surface area contributed by atoms with Gasteiger partial charge in [0.1, 0.15) is 0 Å². The van der Waals surface area contributed by atoms with Crippen molar-refractivity contribution in [3.8, 4) is 0 Å². The highest BCUT2D eigenvalue weighted by atomic mass is 15.2. The van der Waals surface area contributed by atoms with Gasteiger partial charge >= 0.3 is 0 Å². The lowest BCUT2D eigenvalue weighted by molar-refractivity contribution is 0.261. The normalized spacial score (nSPS) is 46.2. The summed E-state index contributed by atoms with van der Waals surface area (Å²) < 4.78 is 0. The van der Waals surface area contributed by atoms with E-state index in [9.17, 15) is 0 Å². The average Bonchev–Trinajstić information content (AvgIpc) is 2.85. The minimum absolute atomic E-state index is 0.822. The van der Waals surface area contributed by atoms with Gasteiger partial charge in [0.25, 0.3) is 0 Å². The van der Waals surface area contributed by atoms with Gasteiger partial charge in [-0.3, -0.25) is 0 Å². The molecule has 0 aromatic rings. The van der Waals surface area contributed by atoms with Crippen LogP contribution >= 0.6 is 0 Å². The minimum atomic E-state index is 0.822. The predicted octanol–water partition coefficient (Wildman–Crippen LogP) is 1.72. The largest absolute Gasteiger partial charge is 0.312 e. The summed E-state index contributed by atoms with van der Waals surface area (Å²) in [5.74, 6) is 2.97. The Morgan fingerprint density at radius 1 is 1.27 bits per heavy atom. The second kappa shape index (κ2) is 4.06. The SMILES string of the molecule is CC1CCN(CC2NCC3CCCC32)C1. The van der Waals surface area contributed by atoms with E-state index in [0.717, 1.165) is 23.8 Å². The molecule has 3 fully saturated rings. The fourth-order valence-corrected chi connectivity index (χ4v) is 3.97. The van der Waals surface area contributed by atoms with Crippen LogP contribution in [0.5, 0.6) is 0 Å². The van der Waals surface area contributed by atoms with Crippen molar-refractivity contribution in [3.05, 3.63) is 0 Å². The van der Waals surface area contributed by atoms with Gasteiger partial charge in [0.05, 0.1) is 0 Å². The van der Waals surface area contributed by atoms with E-state index in [4.69, 9.17) is 0 Å². The molecular weight excluding hydrogens is 184 g/mol. The molecule has 3 rings (SSSR count). The molecule has 0 aromatic heterocycles. The first-order valence-corrected chi connectivity index (χ1v) is 6.78. The van der Waals surface area contributed by atoms with Gasteiger partial charge in [-0.05, 0) is 50.1 Å². The smallest absolute Gasteiger partial charge is 0.0226 e. The molecule has 0 amide bonds. The van der Waals surface area contributed by atoms with Crippen LogP contribution in [0.1, 0.15) is 32.6 Å². The summed E-state index contributed by atoms with van der Waals surface area (Å²) >= 11 is 0. The molecule has 0 bridgehead atoms. The molecule has 3 aliphatic rings. The van der Waals surface area contributed by atoms with E-state index in [1.807, 2.05) is 0 Å². The zero-order valence-corrected chi connectivity index (χ0v) is 9.91. The molecule has 1 aliphatic carbocycles. The van der Waals surface area contributed by atoms with Crippen molar-refractivity contribution in [3.63, 3.8) is 0 Å². The summed E-state index contributed by atoms with van der Waals surface area (Å²) in [4.78, 5) is 2.68. The van der Waals surface area contributed by atoms with Crippen LogP contribution in [0, 0.1) is 17.8 Å². The monoisotopic (exact) mass is 208 g/mol. The highest BCUT2D eigenvalue weighted by Crippen LogP contribution is 2.38. The van der Waals surface area contributed by atoms with Crippen molar-refractivity contribution in [2.24, 2.45) is 17.8 Å². The zero-order chi connectivity index (χ0) is 10.3. The van der Waals surface area contributed by atoms with E-state index in [0.29, 0.717) is 0 Å². The molecule has 2 aliphatic heterocycles. The summed E-state index contributed by atoms with van der Waals surface area (Å²) in [6.45, 7) is 7.71. The average molecular weight is 208 g/mol. The van der Waals surface area contributed by atoms with E-state index in [-0.39, 0.29) is 0 Å². The Labute approximate surface area is 93.4 Å². The molecule has 15 heavy (non-hydrogen) atoms. The Kier molecular flexibility index (Phi) is 2.73. The Balaban J connectivity index is 1.55. The van der Waals surface area contributed by atoms with Crippen LogP contribution in [0.15, 0.2) is 0 Å². The zero-order valence-electron chi connectivity index (χ0n) is 9.91. The second-order valence-corrected chi connectivity index (χ2v) is 6.02. The fraction of sp³-hybridized carbons (Fsp3) is 1.00. The highest BCUT2D eigenvalue weighted by Gasteiger charge is 2.39. The van der Waals surface area contributed by atoms with Crippen molar-refractivity contribution in [2.45, 2.75) is 38.6 Å². The Hall–Kier alpha value is -0.0800. The molecule has 0 spiro atoms. The Bertz CT molecular complexity index is 229. The molecule has 0 aromatic carbocycles. The van der Waals surface area contributed by atoms with Crippen LogP contribution in [-0.4, -0.2) is 37.1 Å². The van der Waals surface area contributed by atoms with Crippen LogP contribution in [0.25, 0.3) is 0 Å². The lowest BCUT2D eigenvalue weighted by Crippen LogP contribution is -2.39. The summed E-state index contributed by atoms with van der Waals surface area (Å²) in [5, 5.41) is 3.76. The molecule has 4 atom stereocenters. The number of hydrogen-bond acceptors (Lipinski definition) is 2. The second-order valence-electron chi connectivity index (χ2n) is 6.02. The maximum Gasteiger partial charge on any atom is 0.0226 e.